The third-order valence-corrected chi connectivity index (χ3v) is 8.54. The van der Waals surface area contributed by atoms with Crippen LogP contribution in [0.2, 0.25) is 20.1 Å². The Balaban J connectivity index is 0.000000238. The first-order valence-corrected chi connectivity index (χ1v) is 15.9. The van der Waals surface area contributed by atoms with E-state index in [-0.39, 0.29) is 10.9 Å². The molecule has 0 amide bonds. The first kappa shape index (κ1) is 34.6. The molecule has 0 bridgehead atoms. The lowest BCUT2D eigenvalue weighted by Crippen LogP contribution is -2.19. The molecule has 2 aromatic carbocycles. The quantitative estimate of drug-likeness (QED) is 0.121. The smallest absolute Gasteiger partial charge is 0.334 e. The van der Waals surface area contributed by atoms with Gasteiger partial charge in [-0.1, -0.05) is 65.1 Å². The lowest BCUT2D eigenvalue weighted by molar-refractivity contribution is -0.139. The van der Waals surface area contributed by atoms with E-state index < -0.39 is 24.0 Å². The third-order valence-electron chi connectivity index (χ3n) is 5.54. The van der Waals surface area contributed by atoms with Crippen molar-refractivity contribution < 1.29 is 29.0 Å². The van der Waals surface area contributed by atoms with E-state index >= 15 is 0 Å². The molecule has 0 spiro atoms. The van der Waals surface area contributed by atoms with Crippen molar-refractivity contribution in [1.82, 2.24) is 0 Å². The van der Waals surface area contributed by atoms with Crippen LogP contribution < -0.4 is 10.6 Å². The van der Waals surface area contributed by atoms with Crippen molar-refractivity contribution in [3.63, 3.8) is 0 Å². The van der Waals surface area contributed by atoms with Crippen molar-refractivity contribution in [1.29, 1.82) is 0 Å². The number of carboxylic acid groups (broad SMARTS) is 2. The Morgan fingerprint density at radius 3 is 1.77 bits per heavy atom. The summed E-state index contributed by atoms with van der Waals surface area (Å²) in [5.41, 5.74) is 1.05. The molecule has 228 valence electrons. The Hall–Kier alpha value is -2.86. The van der Waals surface area contributed by atoms with Crippen LogP contribution in [0.25, 0.3) is 0 Å². The number of thioether (sulfide) groups is 1. The first-order valence-electron chi connectivity index (χ1n) is 12.6. The second-order valence-corrected chi connectivity index (χ2v) is 13.0. The summed E-state index contributed by atoms with van der Waals surface area (Å²) in [4.78, 5) is 35.8. The summed E-state index contributed by atoms with van der Waals surface area (Å²) in [7, 11) is 0. The third kappa shape index (κ3) is 11.0. The maximum absolute atomic E-state index is 11.5. The number of anilines is 2. The highest BCUT2D eigenvalue weighted by Crippen LogP contribution is 2.30. The summed E-state index contributed by atoms with van der Waals surface area (Å²) in [6.45, 7) is 3.49. The minimum Gasteiger partial charge on any atom is -0.479 e. The van der Waals surface area contributed by atoms with E-state index in [0.29, 0.717) is 43.0 Å². The molecule has 43 heavy (non-hydrogen) atoms. The van der Waals surface area contributed by atoms with Crippen LogP contribution in [0.4, 0.5) is 11.4 Å². The second-order valence-electron chi connectivity index (χ2n) is 8.89. The Morgan fingerprint density at radius 1 is 0.814 bits per heavy atom. The number of carbonyl (C=O) groups is 3. The summed E-state index contributed by atoms with van der Waals surface area (Å²) in [5, 5.41) is 26.2. The molecule has 0 fully saturated rings. The van der Waals surface area contributed by atoms with Crippen LogP contribution in [-0.4, -0.2) is 27.3 Å². The number of thiophene rings is 1. The molecule has 0 saturated carbocycles. The zero-order valence-corrected chi connectivity index (χ0v) is 27.4. The molecule has 0 saturated heterocycles. The van der Waals surface area contributed by atoms with Gasteiger partial charge in [-0.3, -0.25) is 4.79 Å². The van der Waals surface area contributed by atoms with Gasteiger partial charge in [-0.2, -0.15) is 0 Å². The number of carbonyl (C=O) groups excluding carboxylic acids is 1. The topological polar surface area (TPSA) is 129 Å². The van der Waals surface area contributed by atoms with Gasteiger partial charge < -0.3 is 25.3 Å². The van der Waals surface area contributed by atoms with Crippen molar-refractivity contribution in [3.8, 4) is 0 Å². The highest BCUT2D eigenvalue weighted by molar-refractivity contribution is 8.12. The predicted octanol–water partition coefficient (Wildman–Crippen LogP) is 9.46. The average molecular weight is 704 g/mol. The molecular formula is C29H26Cl4N2O6S2. The zero-order chi connectivity index (χ0) is 31.7. The Kier molecular flexibility index (Phi) is 13.1. The Morgan fingerprint density at radius 2 is 1.33 bits per heavy atom. The monoisotopic (exact) mass is 702 g/mol. The molecule has 2 atom stereocenters. The number of carboxylic acids is 2. The summed E-state index contributed by atoms with van der Waals surface area (Å²) in [6.07, 6.45) is 0.889. The van der Waals surface area contributed by atoms with Gasteiger partial charge in [0.1, 0.15) is 11.5 Å². The minimum absolute atomic E-state index is 0.0376. The molecule has 2 aromatic heterocycles. The summed E-state index contributed by atoms with van der Waals surface area (Å²) in [6, 6.07) is 14.7. The molecule has 0 aliphatic heterocycles. The molecular weight excluding hydrogens is 678 g/mol. The van der Waals surface area contributed by atoms with E-state index in [4.69, 9.17) is 50.8 Å². The lowest BCUT2D eigenvalue weighted by Gasteiger charge is -2.15. The predicted molar refractivity (Wildman–Crippen MR) is 175 cm³/mol. The van der Waals surface area contributed by atoms with Gasteiger partial charge in [0.2, 0.25) is 0 Å². The molecule has 4 N–H and O–H groups in total. The van der Waals surface area contributed by atoms with Crippen LogP contribution in [0.5, 0.6) is 0 Å². The molecule has 8 nitrogen and oxygen atoms in total. The van der Waals surface area contributed by atoms with Crippen molar-refractivity contribution in [2.75, 3.05) is 10.6 Å². The van der Waals surface area contributed by atoms with Crippen LogP contribution in [0.15, 0.2) is 65.1 Å². The summed E-state index contributed by atoms with van der Waals surface area (Å²) < 4.78 is 5.51. The number of nitrogens with one attached hydrogen (secondary N) is 2. The molecule has 4 rings (SSSR count). The highest BCUT2D eigenvalue weighted by atomic mass is 35.5. The molecule has 2 unspecified atom stereocenters. The van der Waals surface area contributed by atoms with Crippen LogP contribution in [0.1, 0.15) is 47.2 Å². The van der Waals surface area contributed by atoms with Crippen LogP contribution in [0.3, 0.4) is 0 Å². The minimum atomic E-state index is -1.11. The van der Waals surface area contributed by atoms with Gasteiger partial charge in [0, 0.05) is 48.1 Å². The molecule has 4 aromatic rings. The van der Waals surface area contributed by atoms with Crippen LogP contribution >= 0.6 is 69.5 Å². The molecule has 0 aliphatic carbocycles. The number of rotatable bonds is 11. The molecule has 2 heterocycles. The zero-order valence-electron chi connectivity index (χ0n) is 22.7. The summed E-state index contributed by atoms with van der Waals surface area (Å²) >= 11 is 26.2. The second kappa shape index (κ2) is 16.3. The van der Waals surface area contributed by atoms with Crippen molar-refractivity contribution in [3.05, 3.63) is 102 Å². The maximum Gasteiger partial charge on any atom is 0.334 e. The van der Waals surface area contributed by atoms with E-state index in [1.165, 1.54) is 18.3 Å². The van der Waals surface area contributed by atoms with Crippen molar-refractivity contribution in [2.45, 2.75) is 38.1 Å². The van der Waals surface area contributed by atoms with E-state index in [2.05, 4.69) is 10.6 Å². The fraction of sp³-hybridized carbons (Fsp3) is 0.207. The molecule has 0 radical (unpaired) electrons. The number of benzene rings is 2. The first-order chi connectivity index (χ1) is 20.3. The van der Waals surface area contributed by atoms with Gasteiger partial charge in [0.15, 0.2) is 17.2 Å². The number of hydrogen-bond donors (Lipinski definition) is 4. The normalized spacial score (nSPS) is 12.0. The number of hydrogen-bond acceptors (Lipinski definition) is 8. The summed E-state index contributed by atoms with van der Waals surface area (Å²) in [5.74, 6) is -0.943. The number of aryl methyl sites for hydroxylation is 1. The standard InChI is InChI=1S/C15H13Cl2NO4S.C14H13Cl2NO2S/c1-8(19)23-7-12-2-3-13(22-12)14(15(20)21)18-11-5-9(16)4-10(17)6-11;1-2-11-3-4-12(20-11)13(14(18)19)17-10-6-8(15)5-9(16)7-10/h2-6,14,18H,7H2,1H3,(H,20,21);3-7,13,17H,2H2,1H3,(H,18,19). The van der Waals surface area contributed by atoms with Gasteiger partial charge in [0.05, 0.1) is 5.75 Å². The average Bonchev–Trinajstić information content (AvgIpc) is 3.58. The van der Waals surface area contributed by atoms with Gasteiger partial charge >= 0.3 is 11.9 Å². The van der Waals surface area contributed by atoms with E-state index in [1.54, 1.807) is 48.5 Å². The lowest BCUT2D eigenvalue weighted by atomic mass is 10.2. The van der Waals surface area contributed by atoms with Gasteiger partial charge in [-0.25, -0.2) is 9.59 Å². The molecule has 0 aliphatic rings. The SMILES string of the molecule is CC(=O)SCc1ccc(C(Nc2cc(Cl)cc(Cl)c2)C(=O)O)o1.CCc1ccc(C(Nc2cc(Cl)cc(Cl)c2)C(=O)O)s1. The van der Waals surface area contributed by atoms with E-state index in [0.717, 1.165) is 27.9 Å². The largest absolute Gasteiger partial charge is 0.479 e. The molecule has 14 heteroatoms. The van der Waals surface area contributed by atoms with Crippen molar-refractivity contribution >= 4 is 97.9 Å². The van der Waals surface area contributed by atoms with Gasteiger partial charge in [-0.05, 0) is 67.1 Å². The number of furan rings is 1. The van der Waals surface area contributed by atoms with Crippen LogP contribution in [0, 0.1) is 0 Å². The Labute approximate surface area is 276 Å². The maximum atomic E-state index is 11.5. The van der Waals surface area contributed by atoms with Crippen LogP contribution in [-0.2, 0) is 26.6 Å². The fourth-order valence-corrected chi connectivity index (χ4v) is 6.21. The number of aliphatic carboxylic acids is 2. The highest BCUT2D eigenvalue weighted by Gasteiger charge is 2.24. The van der Waals surface area contributed by atoms with Crippen molar-refractivity contribution in [2.24, 2.45) is 0 Å². The number of halogens is 4. The van der Waals surface area contributed by atoms with E-state index in [1.807, 2.05) is 19.1 Å². The Bertz CT molecular complexity index is 1550. The van der Waals surface area contributed by atoms with E-state index in [9.17, 15) is 24.6 Å². The fourth-order valence-electron chi connectivity index (χ4n) is 3.66. The van der Waals surface area contributed by atoms with Gasteiger partial charge in [0.25, 0.3) is 0 Å². The van der Waals surface area contributed by atoms with Gasteiger partial charge in [-0.15, -0.1) is 11.3 Å².